The van der Waals surface area contributed by atoms with E-state index in [-0.39, 0.29) is 29.2 Å². The first-order valence-corrected chi connectivity index (χ1v) is 12.5. The quantitative estimate of drug-likeness (QED) is 0.641. The van der Waals surface area contributed by atoms with Gasteiger partial charge in [-0.25, -0.2) is 4.98 Å². The molecule has 188 valence electrons. The van der Waals surface area contributed by atoms with Crippen molar-refractivity contribution in [1.29, 1.82) is 0 Å². The monoisotopic (exact) mass is 482 g/mol. The lowest BCUT2D eigenvalue weighted by atomic mass is 9.76. The van der Waals surface area contributed by atoms with Crippen molar-refractivity contribution in [2.45, 2.75) is 64.0 Å². The zero-order valence-corrected chi connectivity index (χ0v) is 20.7. The summed E-state index contributed by atoms with van der Waals surface area (Å²) < 4.78 is 11.1. The number of likely N-dealkylation sites (tertiary alicyclic amines) is 2. The SMILES string of the molecule is COc1ccc(C(=O)N2CCC3(CC2)CC(c2nnc(C(C)C)o2)N(CC(=O)NC2CC2)C3)cn1. The number of amides is 2. The number of rotatable bonds is 7. The van der Waals surface area contributed by atoms with Crippen LogP contribution in [-0.2, 0) is 4.79 Å². The molecule has 2 aliphatic heterocycles. The first kappa shape index (κ1) is 23.7. The fraction of sp³-hybridized carbons (Fsp3) is 0.640. The van der Waals surface area contributed by atoms with Crippen LogP contribution in [0.5, 0.6) is 5.88 Å². The molecular weight excluding hydrogens is 448 g/mol. The van der Waals surface area contributed by atoms with Crippen molar-refractivity contribution in [3.63, 3.8) is 0 Å². The number of aromatic nitrogens is 3. The van der Waals surface area contributed by atoms with Crippen LogP contribution in [0.25, 0.3) is 0 Å². The van der Waals surface area contributed by atoms with Gasteiger partial charge < -0.3 is 19.4 Å². The fourth-order valence-corrected chi connectivity index (χ4v) is 5.21. The minimum atomic E-state index is -0.0898. The molecule has 1 saturated carbocycles. The number of piperidine rings is 1. The Morgan fingerprint density at radius 3 is 2.60 bits per heavy atom. The van der Waals surface area contributed by atoms with Crippen molar-refractivity contribution in [3.8, 4) is 5.88 Å². The maximum atomic E-state index is 13.0. The van der Waals surface area contributed by atoms with Crippen LogP contribution in [0.4, 0.5) is 0 Å². The Morgan fingerprint density at radius 1 is 1.23 bits per heavy atom. The topological polar surface area (TPSA) is 114 Å². The molecule has 3 fully saturated rings. The lowest BCUT2D eigenvalue weighted by Gasteiger charge is -2.39. The molecule has 4 heterocycles. The standard InChI is InChI=1S/C25H34N6O4/c1-16(2)22-28-29-23(35-22)19-12-25(15-31(19)14-20(32)27-18-5-6-18)8-10-30(11-9-25)24(33)17-4-7-21(34-3)26-13-17/h4,7,13,16,18-19H,5-6,8-12,14-15H2,1-3H3,(H,27,32). The molecule has 1 N–H and O–H groups in total. The average molecular weight is 483 g/mol. The molecule has 35 heavy (non-hydrogen) atoms. The maximum absolute atomic E-state index is 13.0. The predicted octanol–water partition coefficient (Wildman–Crippen LogP) is 2.54. The second kappa shape index (κ2) is 9.56. The molecule has 2 aromatic heterocycles. The van der Waals surface area contributed by atoms with E-state index in [9.17, 15) is 9.59 Å². The minimum absolute atomic E-state index is 0.00588. The van der Waals surface area contributed by atoms with Crippen LogP contribution in [0.1, 0.15) is 80.1 Å². The molecule has 2 saturated heterocycles. The van der Waals surface area contributed by atoms with Crippen molar-refractivity contribution in [2.24, 2.45) is 5.41 Å². The van der Waals surface area contributed by atoms with E-state index >= 15 is 0 Å². The second-order valence-corrected chi connectivity index (χ2v) is 10.5. The third-order valence-corrected chi connectivity index (χ3v) is 7.43. The largest absolute Gasteiger partial charge is 0.481 e. The summed E-state index contributed by atoms with van der Waals surface area (Å²) in [4.78, 5) is 33.9. The lowest BCUT2D eigenvalue weighted by molar-refractivity contribution is -0.122. The van der Waals surface area contributed by atoms with Crippen LogP contribution in [-0.4, -0.2) is 76.1 Å². The molecule has 0 radical (unpaired) electrons. The minimum Gasteiger partial charge on any atom is -0.481 e. The first-order valence-electron chi connectivity index (χ1n) is 12.5. The summed E-state index contributed by atoms with van der Waals surface area (Å²) in [6.07, 6.45) is 6.27. The first-order chi connectivity index (χ1) is 16.9. The molecule has 1 aliphatic carbocycles. The normalized spacial score (nSPS) is 22.1. The highest BCUT2D eigenvalue weighted by molar-refractivity contribution is 5.94. The van der Waals surface area contributed by atoms with Crippen molar-refractivity contribution >= 4 is 11.8 Å². The van der Waals surface area contributed by atoms with E-state index in [0.29, 0.717) is 48.9 Å². The van der Waals surface area contributed by atoms with Gasteiger partial charge in [-0.1, -0.05) is 13.8 Å². The van der Waals surface area contributed by atoms with Crippen LogP contribution in [0.2, 0.25) is 0 Å². The summed E-state index contributed by atoms with van der Waals surface area (Å²) in [7, 11) is 1.56. The highest BCUT2D eigenvalue weighted by Crippen LogP contribution is 2.49. The van der Waals surface area contributed by atoms with Crippen LogP contribution in [0.15, 0.2) is 22.7 Å². The average Bonchev–Trinajstić information content (AvgIpc) is 3.40. The van der Waals surface area contributed by atoms with Crippen LogP contribution >= 0.6 is 0 Å². The summed E-state index contributed by atoms with van der Waals surface area (Å²) in [5.74, 6) is 1.90. The van der Waals surface area contributed by atoms with Gasteiger partial charge in [-0.05, 0) is 43.6 Å². The van der Waals surface area contributed by atoms with E-state index in [1.807, 2.05) is 18.7 Å². The maximum Gasteiger partial charge on any atom is 0.255 e. The van der Waals surface area contributed by atoms with Gasteiger partial charge in [0.1, 0.15) is 0 Å². The molecule has 1 spiro atoms. The molecule has 5 rings (SSSR count). The summed E-state index contributed by atoms with van der Waals surface area (Å²) in [6.45, 7) is 6.49. The second-order valence-electron chi connectivity index (χ2n) is 10.5. The Labute approximate surface area is 205 Å². The van der Waals surface area contributed by atoms with Crippen molar-refractivity contribution in [1.82, 2.24) is 30.3 Å². The Kier molecular flexibility index (Phi) is 6.48. The number of methoxy groups -OCH3 is 1. The van der Waals surface area contributed by atoms with Gasteiger partial charge in [0.05, 0.1) is 25.3 Å². The highest BCUT2D eigenvalue weighted by Gasteiger charge is 2.49. The number of carbonyl (C=O) groups excluding carboxylic acids is 2. The number of hydrogen-bond donors (Lipinski definition) is 1. The van der Waals surface area contributed by atoms with Gasteiger partial charge in [0.15, 0.2) is 0 Å². The van der Waals surface area contributed by atoms with Gasteiger partial charge in [-0.3, -0.25) is 14.5 Å². The molecule has 2 aromatic rings. The molecule has 3 aliphatic rings. The Balaban J connectivity index is 1.27. The molecule has 0 aromatic carbocycles. The smallest absolute Gasteiger partial charge is 0.255 e. The van der Waals surface area contributed by atoms with E-state index in [1.54, 1.807) is 25.4 Å². The van der Waals surface area contributed by atoms with Gasteiger partial charge in [0.2, 0.25) is 23.6 Å². The van der Waals surface area contributed by atoms with Crippen molar-refractivity contribution in [2.75, 3.05) is 33.3 Å². The van der Waals surface area contributed by atoms with Crippen molar-refractivity contribution < 1.29 is 18.7 Å². The Bertz CT molecular complexity index is 1060. The van der Waals surface area contributed by atoms with Crippen LogP contribution in [0, 0.1) is 5.41 Å². The van der Waals surface area contributed by atoms with Crippen LogP contribution in [0.3, 0.4) is 0 Å². The Morgan fingerprint density at radius 2 is 2.00 bits per heavy atom. The van der Waals surface area contributed by atoms with E-state index in [2.05, 4.69) is 25.4 Å². The zero-order valence-electron chi connectivity index (χ0n) is 20.7. The number of nitrogens with one attached hydrogen (secondary N) is 1. The molecule has 1 atom stereocenters. The lowest BCUT2D eigenvalue weighted by Crippen LogP contribution is -2.45. The Hall–Kier alpha value is -3.01. The van der Waals surface area contributed by atoms with Crippen LogP contribution < -0.4 is 10.1 Å². The van der Waals surface area contributed by atoms with Gasteiger partial charge in [0.25, 0.3) is 5.91 Å². The molecule has 0 bridgehead atoms. The number of ether oxygens (including phenoxy) is 1. The number of pyridine rings is 1. The van der Waals surface area contributed by atoms with Crippen molar-refractivity contribution in [3.05, 3.63) is 35.7 Å². The van der Waals surface area contributed by atoms with E-state index < -0.39 is 0 Å². The van der Waals surface area contributed by atoms with E-state index in [0.717, 1.165) is 38.6 Å². The van der Waals surface area contributed by atoms with Gasteiger partial charge in [-0.2, -0.15) is 0 Å². The number of hydrogen-bond acceptors (Lipinski definition) is 8. The third-order valence-electron chi connectivity index (χ3n) is 7.43. The number of carbonyl (C=O) groups is 2. The predicted molar refractivity (Wildman–Crippen MR) is 127 cm³/mol. The molecular formula is C25H34N6O4. The van der Waals surface area contributed by atoms with Gasteiger partial charge in [-0.15, -0.1) is 10.2 Å². The molecule has 2 amide bonds. The molecule has 10 heteroatoms. The molecule has 10 nitrogen and oxygen atoms in total. The fourth-order valence-electron chi connectivity index (χ4n) is 5.21. The number of nitrogens with zero attached hydrogens (tertiary/aromatic N) is 5. The molecule has 1 unspecified atom stereocenters. The summed E-state index contributed by atoms with van der Waals surface area (Å²) in [5.41, 5.74) is 0.572. The summed E-state index contributed by atoms with van der Waals surface area (Å²) >= 11 is 0. The third kappa shape index (κ3) is 5.17. The van der Waals surface area contributed by atoms with E-state index in [1.165, 1.54) is 0 Å². The highest BCUT2D eigenvalue weighted by atomic mass is 16.5. The summed E-state index contributed by atoms with van der Waals surface area (Å²) in [5, 5.41) is 11.7. The van der Waals surface area contributed by atoms with E-state index in [4.69, 9.17) is 9.15 Å². The summed E-state index contributed by atoms with van der Waals surface area (Å²) in [6, 6.07) is 3.70. The zero-order chi connectivity index (χ0) is 24.6. The van der Waals surface area contributed by atoms with Gasteiger partial charge in [0, 0.05) is 43.9 Å². The van der Waals surface area contributed by atoms with Gasteiger partial charge >= 0.3 is 0 Å².